The topological polar surface area (TPSA) is 54.5 Å². The van der Waals surface area contributed by atoms with Gasteiger partial charge in [0.2, 0.25) is 10.0 Å². The maximum atomic E-state index is 12.5. The number of nitrogens with zero attached hydrogens (tertiary/aromatic N) is 1. The van der Waals surface area contributed by atoms with E-state index in [0.29, 0.717) is 25.1 Å². The molecule has 0 spiro atoms. The Kier molecular flexibility index (Phi) is 5.17. The van der Waals surface area contributed by atoms with E-state index >= 15 is 0 Å². The van der Waals surface area contributed by atoms with Gasteiger partial charge in [0.05, 0.1) is 5.75 Å². The molecule has 0 aliphatic carbocycles. The van der Waals surface area contributed by atoms with Crippen molar-refractivity contribution in [3.05, 3.63) is 35.4 Å². The van der Waals surface area contributed by atoms with Gasteiger partial charge in [-0.1, -0.05) is 36.8 Å². The molecule has 0 aromatic heterocycles. The van der Waals surface area contributed by atoms with Gasteiger partial charge in [-0.3, -0.25) is 4.79 Å². The molecule has 0 N–H and O–H groups in total. The molecular weight excluding hydrogens is 286 g/mol. The summed E-state index contributed by atoms with van der Waals surface area (Å²) in [5.41, 5.74) is 1.79. The smallest absolute Gasteiger partial charge is 0.214 e. The Morgan fingerprint density at radius 1 is 1.29 bits per heavy atom. The number of hydrogen-bond donors (Lipinski definition) is 0. The Labute approximate surface area is 127 Å². The predicted octanol–water partition coefficient (Wildman–Crippen LogP) is 2.63. The highest BCUT2D eigenvalue weighted by Gasteiger charge is 2.32. The maximum Gasteiger partial charge on any atom is 0.214 e. The van der Waals surface area contributed by atoms with Crippen LogP contribution in [0.1, 0.15) is 42.1 Å². The minimum Gasteiger partial charge on any atom is -0.294 e. The summed E-state index contributed by atoms with van der Waals surface area (Å²) in [6.45, 7) is 4.71. The third-order valence-corrected chi connectivity index (χ3v) is 5.99. The van der Waals surface area contributed by atoms with Gasteiger partial charge in [-0.15, -0.1) is 0 Å². The van der Waals surface area contributed by atoms with E-state index in [1.54, 1.807) is 0 Å². The van der Waals surface area contributed by atoms with Crippen molar-refractivity contribution in [2.24, 2.45) is 5.92 Å². The molecule has 0 saturated carbocycles. The van der Waals surface area contributed by atoms with Gasteiger partial charge in [0.15, 0.2) is 5.78 Å². The van der Waals surface area contributed by atoms with Gasteiger partial charge in [-0.05, 0) is 26.2 Å². The molecule has 5 heteroatoms. The lowest BCUT2D eigenvalue weighted by atomic mass is 9.91. The second-order valence-corrected chi connectivity index (χ2v) is 7.83. The summed E-state index contributed by atoms with van der Waals surface area (Å²) >= 11 is 0. The van der Waals surface area contributed by atoms with E-state index in [0.717, 1.165) is 18.4 Å². The van der Waals surface area contributed by atoms with Crippen LogP contribution in [0.5, 0.6) is 0 Å². The summed E-state index contributed by atoms with van der Waals surface area (Å²) in [7, 11) is -3.21. The monoisotopic (exact) mass is 309 g/mol. The summed E-state index contributed by atoms with van der Waals surface area (Å²) < 4.78 is 25.8. The van der Waals surface area contributed by atoms with E-state index in [4.69, 9.17) is 0 Å². The van der Waals surface area contributed by atoms with Gasteiger partial charge < -0.3 is 0 Å². The van der Waals surface area contributed by atoms with Crippen LogP contribution < -0.4 is 0 Å². The number of benzene rings is 1. The summed E-state index contributed by atoms with van der Waals surface area (Å²) in [4.78, 5) is 12.5. The molecule has 1 unspecified atom stereocenters. The first-order valence-electron chi connectivity index (χ1n) is 7.52. The van der Waals surface area contributed by atoms with Gasteiger partial charge >= 0.3 is 0 Å². The molecule has 1 aromatic rings. The van der Waals surface area contributed by atoms with Crippen LogP contribution in [0.2, 0.25) is 0 Å². The molecule has 116 valence electrons. The number of sulfonamides is 1. The summed E-state index contributed by atoms with van der Waals surface area (Å²) in [5, 5.41) is 0. The van der Waals surface area contributed by atoms with Crippen LogP contribution >= 0.6 is 0 Å². The summed E-state index contributed by atoms with van der Waals surface area (Å²) in [5.74, 6) is 0.0119. The number of aryl methyl sites for hydroxylation is 1. The Hall–Kier alpha value is -1.20. The minimum atomic E-state index is -3.21. The third-order valence-electron chi connectivity index (χ3n) is 3.95. The van der Waals surface area contributed by atoms with Crippen molar-refractivity contribution in [2.75, 3.05) is 18.8 Å². The van der Waals surface area contributed by atoms with Gasteiger partial charge in [0.1, 0.15) is 0 Å². The zero-order valence-electron chi connectivity index (χ0n) is 12.7. The van der Waals surface area contributed by atoms with Crippen LogP contribution in [0, 0.1) is 12.8 Å². The Bertz CT molecular complexity index is 592. The van der Waals surface area contributed by atoms with Crippen LogP contribution in [0.15, 0.2) is 24.3 Å². The lowest BCUT2D eigenvalue weighted by Crippen LogP contribution is -2.43. The largest absolute Gasteiger partial charge is 0.294 e. The molecule has 1 aliphatic heterocycles. The number of carbonyl (C=O) groups is 1. The Morgan fingerprint density at radius 3 is 2.57 bits per heavy atom. The molecular formula is C16H23NO3S. The second-order valence-electron chi connectivity index (χ2n) is 5.74. The van der Waals surface area contributed by atoms with Crippen molar-refractivity contribution in [3.8, 4) is 0 Å². The van der Waals surface area contributed by atoms with Crippen molar-refractivity contribution >= 4 is 15.8 Å². The first kappa shape index (κ1) is 16.2. The highest BCUT2D eigenvalue weighted by atomic mass is 32.2. The zero-order valence-corrected chi connectivity index (χ0v) is 13.5. The SMILES string of the molecule is CCCS(=O)(=O)N1CCCC(C(=O)c2ccc(C)cc2)C1. The molecule has 4 nitrogen and oxygen atoms in total. The molecule has 1 atom stereocenters. The van der Waals surface area contributed by atoms with E-state index in [9.17, 15) is 13.2 Å². The lowest BCUT2D eigenvalue weighted by molar-refractivity contribution is 0.0872. The fourth-order valence-corrected chi connectivity index (χ4v) is 4.34. The quantitative estimate of drug-likeness (QED) is 0.786. The average Bonchev–Trinajstić information content (AvgIpc) is 2.47. The molecule has 1 aliphatic rings. The van der Waals surface area contributed by atoms with E-state index in [-0.39, 0.29) is 17.5 Å². The van der Waals surface area contributed by atoms with Gasteiger partial charge in [-0.25, -0.2) is 12.7 Å². The summed E-state index contributed by atoms with van der Waals surface area (Å²) in [6.07, 6.45) is 2.13. The van der Waals surface area contributed by atoms with Crippen LogP contribution in [-0.2, 0) is 10.0 Å². The van der Waals surface area contributed by atoms with Crippen molar-refractivity contribution in [1.82, 2.24) is 4.31 Å². The van der Waals surface area contributed by atoms with Crippen LogP contribution in [-0.4, -0.2) is 37.3 Å². The van der Waals surface area contributed by atoms with E-state index in [1.807, 2.05) is 38.1 Å². The van der Waals surface area contributed by atoms with Gasteiger partial charge in [0.25, 0.3) is 0 Å². The second kappa shape index (κ2) is 6.71. The molecule has 1 heterocycles. The molecule has 1 aromatic carbocycles. The lowest BCUT2D eigenvalue weighted by Gasteiger charge is -2.31. The third kappa shape index (κ3) is 3.92. The van der Waals surface area contributed by atoms with Crippen LogP contribution in [0.3, 0.4) is 0 Å². The predicted molar refractivity (Wildman–Crippen MR) is 83.9 cm³/mol. The van der Waals surface area contributed by atoms with Crippen molar-refractivity contribution in [2.45, 2.75) is 33.1 Å². The zero-order chi connectivity index (χ0) is 15.5. The number of ketones is 1. The molecule has 0 bridgehead atoms. The molecule has 2 rings (SSSR count). The van der Waals surface area contributed by atoms with E-state index < -0.39 is 10.0 Å². The molecule has 0 amide bonds. The normalized spacial score (nSPS) is 20.4. The van der Waals surface area contributed by atoms with Gasteiger partial charge in [0, 0.05) is 24.6 Å². The molecule has 1 saturated heterocycles. The first-order valence-corrected chi connectivity index (χ1v) is 9.13. The minimum absolute atomic E-state index is 0.0615. The number of piperidine rings is 1. The Balaban J connectivity index is 2.10. The van der Waals surface area contributed by atoms with Crippen molar-refractivity contribution in [1.29, 1.82) is 0 Å². The number of Topliss-reactive ketones (excluding diaryl/α,β-unsaturated/α-hetero) is 1. The first-order chi connectivity index (χ1) is 9.94. The number of carbonyl (C=O) groups excluding carboxylic acids is 1. The van der Waals surface area contributed by atoms with Crippen LogP contribution in [0.25, 0.3) is 0 Å². The van der Waals surface area contributed by atoms with E-state index in [2.05, 4.69) is 0 Å². The number of rotatable bonds is 5. The number of hydrogen-bond acceptors (Lipinski definition) is 3. The highest BCUT2D eigenvalue weighted by molar-refractivity contribution is 7.89. The fourth-order valence-electron chi connectivity index (χ4n) is 2.75. The van der Waals surface area contributed by atoms with Crippen molar-refractivity contribution < 1.29 is 13.2 Å². The highest BCUT2D eigenvalue weighted by Crippen LogP contribution is 2.23. The van der Waals surface area contributed by atoms with Crippen LogP contribution in [0.4, 0.5) is 0 Å². The van der Waals surface area contributed by atoms with Gasteiger partial charge in [-0.2, -0.15) is 0 Å². The Morgan fingerprint density at radius 2 is 1.95 bits per heavy atom. The fraction of sp³-hybridized carbons (Fsp3) is 0.562. The molecule has 1 fully saturated rings. The maximum absolute atomic E-state index is 12.5. The molecule has 0 radical (unpaired) electrons. The van der Waals surface area contributed by atoms with E-state index in [1.165, 1.54) is 4.31 Å². The molecule has 21 heavy (non-hydrogen) atoms. The average molecular weight is 309 g/mol. The van der Waals surface area contributed by atoms with Crippen molar-refractivity contribution in [3.63, 3.8) is 0 Å². The standard InChI is InChI=1S/C16H23NO3S/c1-3-11-21(19,20)17-10-4-5-15(12-17)16(18)14-8-6-13(2)7-9-14/h6-9,15H,3-5,10-12H2,1-2H3. The summed E-state index contributed by atoms with van der Waals surface area (Å²) in [6, 6.07) is 7.50.